The number of carbonyl (C=O) groups is 2. The lowest BCUT2D eigenvalue weighted by Gasteiger charge is -2.20. The van der Waals surface area contributed by atoms with Crippen molar-refractivity contribution in [3.05, 3.63) is 29.3 Å². The van der Waals surface area contributed by atoms with Crippen LogP contribution in [-0.2, 0) is 9.59 Å². The fourth-order valence-electron chi connectivity index (χ4n) is 2.35. The molecule has 1 heterocycles. The summed E-state index contributed by atoms with van der Waals surface area (Å²) in [6.45, 7) is 4.50. The summed E-state index contributed by atoms with van der Waals surface area (Å²) in [5.74, 6) is -0.268. The van der Waals surface area contributed by atoms with Crippen LogP contribution in [0, 0.1) is 19.8 Å². The van der Waals surface area contributed by atoms with Crippen LogP contribution < -0.4 is 10.2 Å². The molecule has 0 bridgehead atoms. The smallest absolute Gasteiger partial charge is 0.227 e. The van der Waals surface area contributed by atoms with Gasteiger partial charge in [0.2, 0.25) is 11.8 Å². The lowest BCUT2D eigenvalue weighted by atomic mass is 10.1. The number of nitrogens with zero attached hydrogens (tertiary/aromatic N) is 1. The van der Waals surface area contributed by atoms with Gasteiger partial charge in [0.1, 0.15) is 0 Å². The quantitative estimate of drug-likeness (QED) is 0.857. The molecule has 4 nitrogen and oxygen atoms in total. The van der Waals surface area contributed by atoms with Crippen LogP contribution in [0.5, 0.6) is 0 Å². The third-order valence-corrected chi connectivity index (χ3v) is 3.61. The third-order valence-electron chi connectivity index (χ3n) is 3.61. The van der Waals surface area contributed by atoms with Crippen LogP contribution in [0.3, 0.4) is 0 Å². The van der Waals surface area contributed by atoms with E-state index in [-0.39, 0.29) is 17.7 Å². The van der Waals surface area contributed by atoms with Crippen LogP contribution in [0.2, 0.25) is 0 Å². The van der Waals surface area contributed by atoms with Crippen molar-refractivity contribution >= 4 is 17.5 Å². The number of hydrogen-bond acceptors (Lipinski definition) is 2. The van der Waals surface area contributed by atoms with Gasteiger partial charge in [0.25, 0.3) is 0 Å². The number of anilines is 1. The van der Waals surface area contributed by atoms with Gasteiger partial charge in [0, 0.05) is 25.7 Å². The van der Waals surface area contributed by atoms with Crippen molar-refractivity contribution in [2.75, 3.05) is 18.5 Å². The highest BCUT2D eigenvalue weighted by Crippen LogP contribution is 2.29. The monoisotopic (exact) mass is 246 g/mol. The molecule has 2 amide bonds. The van der Waals surface area contributed by atoms with E-state index in [1.54, 1.807) is 11.9 Å². The minimum atomic E-state index is -0.234. The molecule has 1 aliphatic rings. The fourth-order valence-corrected chi connectivity index (χ4v) is 2.35. The largest absolute Gasteiger partial charge is 0.359 e. The highest BCUT2D eigenvalue weighted by atomic mass is 16.2. The lowest BCUT2D eigenvalue weighted by molar-refractivity contribution is -0.125. The summed E-state index contributed by atoms with van der Waals surface area (Å²) >= 11 is 0. The Morgan fingerprint density at radius 1 is 1.39 bits per heavy atom. The summed E-state index contributed by atoms with van der Waals surface area (Å²) in [6.07, 6.45) is 0.299. The van der Waals surface area contributed by atoms with E-state index in [1.807, 2.05) is 32.0 Å². The number of rotatable bonds is 2. The molecule has 2 rings (SSSR count). The van der Waals surface area contributed by atoms with Crippen LogP contribution >= 0.6 is 0 Å². The molecule has 1 N–H and O–H groups in total. The maximum Gasteiger partial charge on any atom is 0.227 e. The predicted molar refractivity (Wildman–Crippen MR) is 70.4 cm³/mol. The van der Waals surface area contributed by atoms with Crippen molar-refractivity contribution in [2.24, 2.45) is 5.92 Å². The van der Waals surface area contributed by atoms with E-state index >= 15 is 0 Å². The Kier molecular flexibility index (Phi) is 3.36. The van der Waals surface area contributed by atoms with Crippen molar-refractivity contribution < 1.29 is 9.59 Å². The molecule has 1 fully saturated rings. The Bertz CT molecular complexity index is 497. The van der Waals surface area contributed by atoms with Crippen LogP contribution in [0.25, 0.3) is 0 Å². The van der Waals surface area contributed by atoms with Gasteiger partial charge in [0.05, 0.1) is 5.92 Å². The third kappa shape index (κ3) is 2.10. The molecule has 1 aromatic rings. The maximum atomic E-state index is 12.0. The summed E-state index contributed by atoms with van der Waals surface area (Å²) in [4.78, 5) is 25.3. The van der Waals surface area contributed by atoms with Crippen LogP contribution in [0.4, 0.5) is 5.69 Å². The zero-order chi connectivity index (χ0) is 13.3. The Morgan fingerprint density at radius 3 is 2.78 bits per heavy atom. The highest BCUT2D eigenvalue weighted by Gasteiger charge is 2.35. The summed E-state index contributed by atoms with van der Waals surface area (Å²) in [6, 6.07) is 5.90. The van der Waals surface area contributed by atoms with E-state index in [0.717, 1.165) is 16.8 Å². The van der Waals surface area contributed by atoms with Crippen molar-refractivity contribution in [2.45, 2.75) is 20.3 Å². The molecule has 1 unspecified atom stereocenters. The Morgan fingerprint density at radius 2 is 2.11 bits per heavy atom. The van der Waals surface area contributed by atoms with E-state index in [0.29, 0.717) is 13.0 Å². The second kappa shape index (κ2) is 4.80. The van der Waals surface area contributed by atoms with Gasteiger partial charge in [-0.05, 0) is 31.0 Å². The van der Waals surface area contributed by atoms with Crippen LogP contribution in [0.15, 0.2) is 18.2 Å². The van der Waals surface area contributed by atoms with Gasteiger partial charge in [-0.1, -0.05) is 12.1 Å². The first kappa shape index (κ1) is 12.6. The van der Waals surface area contributed by atoms with E-state index < -0.39 is 0 Å². The zero-order valence-corrected chi connectivity index (χ0v) is 11.0. The SMILES string of the molecule is CNC(=O)C1CC(=O)N(c2cccc(C)c2C)C1. The topological polar surface area (TPSA) is 49.4 Å². The number of carbonyl (C=O) groups excluding carboxylic acids is 2. The maximum absolute atomic E-state index is 12.0. The molecule has 0 saturated carbocycles. The summed E-state index contributed by atoms with van der Waals surface area (Å²) in [5, 5.41) is 2.61. The van der Waals surface area contributed by atoms with E-state index in [9.17, 15) is 9.59 Å². The molecule has 1 aliphatic heterocycles. The zero-order valence-electron chi connectivity index (χ0n) is 11.0. The van der Waals surface area contributed by atoms with Gasteiger partial charge < -0.3 is 10.2 Å². The van der Waals surface area contributed by atoms with Gasteiger partial charge in [-0.15, -0.1) is 0 Å². The fraction of sp³-hybridized carbons (Fsp3) is 0.429. The second-order valence-corrected chi connectivity index (χ2v) is 4.74. The number of nitrogens with one attached hydrogen (secondary N) is 1. The number of aryl methyl sites for hydroxylation is 1. The van der Waals surface area contributed by atoms with Crippen LogP contribution in [0.1, 0.15) is 17.5 Å². The standard InChI is InChI=1S/C14H18N2O2/c1-9-5-4-6-12(10(9)2)16-8-11(7-13(16)17)14(18)15-3/h4-6,11H,7-8H2,1-3H3,(H,15,18). The highest BCUT2D eigenvalue weighted by molar-refractivity contribution is 6.00. The van der Waals surface area contributed by atoms with E-state index in [4.69, 9.17) is 0 Å². The molecule has 1 atom stereocenters. The molecule has 0 aliphatic carbocycles. The minimum Gasteiger partial charge on any atom is -0.359 e. The molecule has 1 aromatic carbocycles. The summed E-state index contributed by atoms with van der Waals surface area (Å²) in [5.41, 5.74) is 3.18. The number of benzene rings is 1. The van der Waals surface area contributed by atoms with Crippen molar-refractivity contribution in [1.29, 1.82) is 0 Å². The molecular weight excluding hydrogens is 228 g/mol. The molecule has 0 radical (unpaired) electrons. The molecular formula is C14H18N2O2. The average Bonchev–Trinajstić information content (AvgIpc) is 2.74. The second-order valence-electron chi connectivity index (χ2n) is 4.74. The number of amides is 2. The number of hydrogen-bond donors (Lipinski definition) is 1. The van der Waals surface area contributed by atoms with Gasteiger partial charge in [0.15, 0.2) is 0 Å². The predicted octanol–water partition coefficient (Wildman–Crippen LogP) is 1.40. The van der Waals surface area contributed by atoms with Gasteiger partial charge in [-0.3, -0.25) is 9.59 Å². The van der Waals surface area contributed by atoms with Crippen molar-refractivity contribution in [3.63, 3.8) is 0 Å². The Labute approximate surface area is 107 Å². The first-order chi connectivity index (χ1) is 8.54. The Hall–Kier alpha value is -1.84. The molecule has 0 spiro atoms. The summed E-state index contributed by atoms with van der Waals surface area (Å²) < 4.78 is 0. The van der Waals surface area contributed by atoms with Crippen molar-refractivity contribution in [3.8, 4) is 0 Å². The van der Waals surface area contributed by atoms with Gasteiger partial charge in [-0.2, -0.15) is 0 Å². The average molecular weight is 246 g/mol. The van der Waals surface area contributed by atoms with E-state index in [1.165, 1.54) is 0 Å². The Balaban J connectivity index is 2.27. The molecule has 96 valence electrons. The normalized spacial score (nSPS) is 19.2. The first-order valence-electron chi connectivity index (χ1n) is 6.12. The van der Waals surface area contributed by atoms with Gasteiger partial charge in [-0.25, -0.2) is 0 Å². The van der Waals surface area contributed by atoms with Gasteiger partial charge >= 0.3 is 0 Å². The summed E-state index contributed by atoms with van der Waals surface area (Å²) in [7, 11) is 1.60. The molecule has 4 heteroatoms. The molecule has 0 aromatic heterocycles. The minimum absolute atomic E-state index is 0.0253. The first-order valence-corrected chi connectivity index (χ1v) is 6.12. The molecule has 1 saturated heterocycles. The lowest BCUT2D eigenvalue weighted by Crippen LogP contribution is -2.30. The van der Waals surface area contributed by atoms with Crippen LogP contribution in [-0.4, -0.2) is 25.4 Å². The van der Waals surface area contributed by atoms with E-state index in [2.05, 4.69) is 5.32 Å². The molecule has 18 heavy (non-hydrogen) atoms. The van der Waals surface area contributed by atoms with Crippen molar-refractivity contribution in [1.82, 2.24) is 5.32 Å².